The molecular formula is C20H18N4O2. The summed E-state index contributed by atoms with van der Waals surface area (Å²) in [6.07, 6.45) is 4.45. The van der Waals surface area contributed by atoms with E-state index < -0.39 is 0 Å². The molecule has 1 aliphatic heterocycles. The van der Waals surface area contributed by atoms with Crippen molar-refractivity contribution in [1.82, 2.24) is 20.0 Å². The summed E-state index contributed by atoms with van der Waals surface area (Å²) in [6, 6.07) is 14.4. The first-order valence-corrected chi connectivity index (χ1v) is 8.93. The molecule has 1 unspecified atom stereocenters. The average molecular weight is 346 g/mol. The van der Waals surface area contributed by atoms with Crippen LogP contribution >= 0.6 is 0 Å². The van der Waals surface area contributed by atoms with Gasteiger partial charge in [-0.2, -0.15) is 4.98 Å². The Labute approximate surface area is 150 Å². The first kappa shape index (κ1) is 15.3. The number of aromatic nitrogens is 3. The third-order valence-corrected chi connectivity index (χ3v) is 5.04. The van der Waals surface area contributed by atoms with E-state index in [1.807, 2.05) is 35.2 Å². The average Bonchev–Trinajstić information content (AvgIpc) is 3.27. The molecule has 0 spiro atoms. The van der Waals surface area contributed by atoms with Crippen molar-refractivity contribution in [3.05, 3.63) is 54.5 Å². The summed E-state index contributed by atoms with van der Waals surface area (Å²) in [6.45, 7) is 0.694. The number of nitrogens with zero attached hydrogens (tertiary/aromatic N) is 4. The first-order valence-electron chi connectivity index (χ1n) is 8.93. The lowest BCUT2D eigenvalue weighted by Gasteiger charge is -2.13. The molecule has 0 N–H and O–H groups in total. The Morgan fingerprint density at radius 2 is 1.92 bits per heavy atom. The minimum absolute atomic E-state index is 0.0119. The normalized spacial score (nSPS) is 19.9. The summed E-state index contributed by atoms with van der Waals surface area (Å²) in [7, 11) is 0. The second kappa shape index (κ2) is 6.05. The number of hydrogen-bond acceptors (Lipinski definition) is 5. The third-order valence-electron chi connectivity index (χ3n) is 5.04. The van der Waals surface area contributed by atoms with Gasteiger partial charge in [-0.15, -0.1) is 0 Å². The van der Waals surface area contributed by atoms with Crippen LogP contribution in [-0.4, -0.2) is 38.5 Å². The summed E-state index contributed by atoms with van der Waals surface area (Å²) >= 11 is 0. The van der Waals surface area contributed by atoms with Crippen LogP contribution in [0.1, 0.15) is 31.0 Å². The maximum absolute atomic E-state index is 12.1. The zero-order valence-corrected chi connectivity index (χ0v) is 14.2. The fourth-order valence-corrected chi connectivity index (χ4v) is 3.51. The largest absolute Gasteiger partial charge is 0.339 e. The summed E-state index contributed by atoms with van der Waals surface area (Å²) in [5.74, 6) is 1.21. The molecule has 26 heavy (non-hydrogen) atoms. The van der Waals surface area contributed by atoms with Crippen LogP contribution in [0, 0.1) is 0 Å². The van der Waals surface area contributed by atoms with Crippen molar-refractivity contribution in [2.45, 2.75) is 31.2 Å². The predicted octanol–water partition coefficient (Wildman–Crippen LogP) is 3.28. The fourth-order valence-electron chi connectivity index (χ4n) is 3.51. The van der Waals surface area contributed by atoms with E-state index in [1.54, 1.807) is 6.20 Å². The van der Waals surface area contributed by atoms with E-state index in [0.717, 1.165) is 24.0 Å². The molecule has 1 saturated carbocycles. The van der Waals surface area contributed by atoms with Crippen LogP contribution in [0.2, 0.25) is 0 Å². The van der Waals surface area contributed by atoms with E-state index in [1.165, 1.54) is 0 Å². The molecule has 0 bridgehead atoms. The molecule has 1 atom stereocenters. The van der Waals surface area contributed by atoms with Crippen LogP contribution in [0.3, 0.4) is 0 Å². The number of rotatable bonds is 4. The molecule has 2 aliphatic rings. The highest BCUT2D eigenvalue weighted by atomic mass is 16.5. The molecule has 1 aromatic carbocycles. The number of benzene rings is 1. The maximum atomic E-state index is 12.1. The van der Waals surface area contributed by atoms with Crippen molar-refractivity contribution in [1.29, 1.82) is 0 Å². The molecule has 3 heterocycles. The second-order valence-corrected chi connectivity index (χ2v) is 6.93. The van der Waals surface area contributed by atoms with Crippen LogP contribution in [0.15, 0.2) is 53.2 Å². The van der Waals surface area contributed by atoms with E-state index in [2.05, 4.69) is 27.3 Å². The Kier molecular flexibility index (Phi) is 3.55. The van der Waals surface area contributed by atoms with Gasteiger partial charge in [0.1, 0.15) is 5.69 Å². The van der Waals surface area contributed by atoms with E-state index in [0.29, 0.717) is 36.4 Å². The molecule has 5 rings (SSSR count). The zero-order valence-electron chi connectivity index (χ0n) is 14.2. The summed E-state index contributed by atoms with van der Waals surface area (Å²) < 4.78 is 5.45. The van der Waals surface area contributed by atoms with Crippen LogP contribution in [-0.2, 0) is 4.79 Å². The van der Waals surface area contributed by atoms with Crippen LogP contribution in [0.25, 0.3) is 22.7 Å². The molecule has 1 amide bonds. The van der Waals surface area contributed by atoms with Crippen molar-refractivity contribution >= 4 is 5.91 Å². The molecule has 0 radical (unpaired) electrons. The third kappa shape index (κ3) is 2.77. The molecule has 2 fully saturated rings. The van der Waals surface area contributed by atoms with E-state index >= 15 is 0 Å². The van der Waals surface area contributed by atoms with Crippen molar-refractivity contribution in [2.24, 2.45) is 0 Å². The Bertz CT molecular complexity index is 949. The molecule has 2 aromatic heterocycles. The van der Waals surface area contributed by atoms with Gasteiger partial charge in [0, 0.05) is 31.1 Å². The standard InChI is InChI=1S/C20H18N4O2/c25-18-11-15(12-24(18)16-6-7-16)19-22-20(26-23-19)17-10-14(8-9-21-17)13-4-2-1-3-5-13/h1-5,8-10,15-16H,6-7,11-12H2. The number of carbonyl (C=O) groups excluding carboxylic acids is 1. The van der Waals surface area contributed by atoms with Gasteiger partial charge in [-0.1, -0.05) is 35.5 Å². The van der Waals surface area contributed by atoms with E-state index in [-0.39, 0.29) is 11.8 Å². The molecule has 1 aliphatic carbocycles. The molecular weight excluding hydrogens is 328 g/mol. The highest BCUT2D eigenvalue weighted by Crippen LogP contribution is 2.36. The molecule has 130 valence electrons. The quantitative estimate of drug-likeness (QED) is 0.725. The molecule has 6 nitrogen and oxygen atoms in total. The van der Waals surface area contributed by atoms with Gasteiger partial charge in [0.25, 0.3) is 5.89 Å². The lowest BCUT2D eigenvalue weighted by Crippen LogP contribution is -2.27. The highest BCUT2D eigenvalue weighted by molar-refractivity contribution is 5.80. The Morgan fingerprint density at radius 1 is 1.08 bits per heavy atom. The SMILES string of the molecule is O=C1CC(c2noc(-c3cc(-c4ccccc4)ccn3)n2)CN1C1CC1. The number of carbonyl (C=O) groups is 1. The van der Waals surface area contributed by atoms with Crippen molar-refractivity contribution < 1.29 is 9.32 Å². The number of hydrogen-bond donors (Lipinski definition) is 0. The minimum atomic E-state index is 0.0119. The van der Waals surface area contributed by atoms with Crippen LogP contribution in [0.4, 0.5) is 0 Å². The molecule has 3 aromatic rings. The number of amides is 1. The summed E-state index contributed by atoms with van der Waals surface area (Å²) in [5, 5.41) is 4.12. The van der Waals surface area contributed by atoms with Crippen molar-refractivity contribution in [3.63, 3.8) is 0 Å². The summed E-state index contributed by atoms with van der Waals surface area (Å²) in [5.41, 5.74) is 2.80. The maximum Gasteiger partial charge on any atom is 0.276 e. The highest BCUT2D eigenvalue weighted by Gasteiger charge is 2.41. The van der Waals surface area contributed by atoms with Gasteiger partial charge in [0.2, 0.25) is 5.91 Å². The number of pyridine rings is 1. The van der Waals surface area contributed by atoms with Crippen molar-refractivity contribution in [3.8, 4) is 22.7 Å². The van der Waals surface area contributed by atoms with Gasteiger partial charge >= 0.3 is 0 Å². The Morgan fingerprint density at radius 3 is 2.73 bits per heavy atom. The predicted molar refractivity (Wildman–Crippen MR) is 95.1 cm³/mol. The van der Waals surface area contributed by atoms with E-state index in [4.69, 9.17) is 4.52 Å². The zero-order chi connectivity index (χ0) is 17.5. The molecule has 1 saturated heterocycles. The van der Waals surface area contributed by atoms with Crippen LogP contribution < -0.4 is 0 Å². The van der Waals surface area contributed by atoms with Crippen molar-refractivity contribution in [2.75, 3.05) is 6.54 Å². The van der Waals surface area contributed by atoms with Gasteiger partial charge in [-0.3, -0.25) is 9.78 Å². The Balaban J connectivity index is 1.40. The Hall–Kier alpha value is -3.02. The summed E-state index contributed by atoms with van der Waals surface area (Å²) in [4.78, 5) is 23.0. The van der Waals surface area contributed by atoms with E-state index in [9.17, 15) is 4.79 Å². The van der Waals surface area contributed by atoms with Crippen LogP contribution in [0.5, 0.6) is 0 Å². The minimum Gasteiger partial charge on any atom is -0.339 e. The topological polar surface area (TPSA) is 72.1 Å². The van der Waals surface area contributed by atoms with Gasteiger partial charge in [-0.25, -0.2) is 0 Å². The fraction of sp³-hybridized carbons (Fsp3) is 0.300. The second-order valence-electron chi connectivity index (χ2n) is 6.93. The first-order chi connectivity index (χ1) is 12.8. The van der Waals surface area contributed by atoms with Gasteiger partial charge in [0.05, 0.1) is 0 Å². The van der Waals surface area contributed by atoms with Gasteiger partial charge in [-0.05, 0) is 36.1 Å². The smallest absolute Gasteiger partial charge is 0.276 e. The lowest BCUT2D eigenvalue weighted by molar-refractivity contribution is -0.128. The lowest BCUT2D eigenvalue weighted by atomic mass is 10.1. The van der Waals surface area contributed by atoms with Gasteiger partial charge in [0.15, 0.2) is 5.82 Å². The monoisotopic (exact) mass is 346 g/mol. The molecule has 6 heteroatoms. The van der Waals surface area contributed by atoms with Gasteiger partial charge < -0.3 is 9.42 Å². The number of likely N-dealkylation sites (tertiary alicyclic amines) is 1.